The van der Waals surface area contributed by atoms with E-state index in [1.807, 2.05) is 31.2 Å². The topological polar surface area (TPSA) is 70.6 Å². The van der Waals surface area contributed by atoms with Crippen LogP contribution in [0.1, 0.15) is 18.5 Å². The van der Waals surface area contributed by atoms with Gasteiger partial charge >= 0.3 is 11.8 Å². The average molecular weight is 296 g/mol. The maximum atomic E-state index is 10.9. The van der Waals surface area contributed by atoms with E-state index in [2.05, 4.69) is 31.6 Å². The van der Waals surface area contributed by atoms with Crippen LogP contribution >= 0.6 is 15.9 Å². The number of benzene rings is 1. The highest BCUT2D eigenvalue weighted by atomic mass is 79.9. The third kappa shape index (κ3) is 2.71. The Kier molecular flexibility index (Phi) is 3.23. The van der Waals surface area contributed by atoms with Gasteiger partial charge in [-0.1, -0.05) is 28.1 Å². The van der Waals surface area contributed by atoms with Crippen molar-refractivity contribution in [3.63, 3.8) is 0 Å². The lowest BCUT2D eigenvalue weighted by Crippen LogP contribution is -2.26. The molecule has 88 valence electrons. The minimum absolute atomic E-state index is 0.142. The second kappa shape index (κ2) is 4.67. The van der Waals surface area contributed by atoms with Gasteiger partial charge in [-0.3, -0.25) is 20.2 Å². The zero-order valence-electron chi connectivity index (χ0n) is 9.03. The molecule has 1 saturated heterocycles. The number of carbonyl (C=O) groups excluding carboxylic acids is 2. The van der Waals surface area contributed by atoms with Crippen molar-refractivity contribution in [3.8, 4) is 0 Å². The van der Waals surface area contributed by atoms with E-state index in [4.69, 9.17) is 0 Å². The molecule has 5 nitrogen and oxygen atoms in total. The van der Waals surface area contributed by atoms with E-state index >= 15 is 0 Å². The van der Waals surface area contributed by atoms with Crippen molar-refractivity contribution >= 4 is 33.7 Å². The largest absolute Gasteiger partial charge is 0.316 e. The molecule has 1 heterocycles. The van der Waals surface area contributed by atoms with Crippen molar-refractivity contribution in [2.24, 2.45) is 4.99 Å². The van der Waals surface area contributed by atoms with Crippen molar-refractivity contribution in [2.45, 2.75) is 13.0 Å². The van der Waals surface area contributed by atoms with Crippen LogP contribution in [0.5, 0.6) is 0 Å². The summed E-state index contributed by atoms with van der Waals surface area (Å²) >= 11 is 3.35. The van der Waals surface area contributed by atoms with E-state index in [1.54, 1.807) is 0 Å². The Bertz CT molecular complexity index is 478. The summed E-state index contributed by atoms with van der Waals surface area (Å²) in [7, 11) is 0. The molecule has 1 unspecified atom stereocenters. The van der Waals surface area contributed by atoms with Crippen molar-refractivity contribution < 1.29 is 9.59 Å². The molecule has 1 aromatic carbocycles. The van der Waals surface area contributed by atoms with Gasteiger partial charge in [-0.05, 0) is 24.6 Å². The van der Waals surface area contributed by atoms with Gasteiger partial charge in [0.2, 0.25) is 5.96 Å². The standard InChI is InChI=1S/C11H10BrN3O2/c1-6(7-2-4-8(12)5-3-7)13-11-14-9(16)10(17)15-11/h2-6H,1H3,(H2,13,14,15,16,17). The van der Waals surface area contributed by atoms with Gasteiger partial charge in [0.05, 0.1) is 6.04 Å². The molecule has 0 saturated carbocycles. The molecule has 6 heteroatoms. The summed E-state index contributed by atoms with van der Waals surface area (Å²) in [6.07, 6.45) is 0. The fourth-order valence-electron chi connectivity index (χ4n) is 1.43. The van der Waals surface area contributed by atoms with E-state index in [0.29, 0.717) is 0 Å². The van der Waals surface area contributed by atoms with Crippen LogP contribution in [-0.4, -0.2) is 17.8 Å². The number of nitrogens with one attached hydrogen (secondary N) is 2. The first kappa shape index (κ1) is 11.8. The molecule has 0 radical (unpaired) electrons. The number of guanidine groups is 1. The Morgan fingerprint density at radius 3 is 2.18 bits per heavy atom. The van der Waals surface area contributed by atoms with E-state index < -0.39 is 11.8 Å². The highest BCUT2D eigenvalue weighted by Crippen LogP contribution is 2.19. The third-order valence-corrected chi connectivity index (χ3v) is 2.87. The molecule has 2 amide bonds. The number of amides is 2. The third-order valence-electron chi connectivity index (χ3n) is 2.35. The van der Waals surface area contributed by atoms with Crippen molar-refractivity contribution in [3.05, 3.63) is 34.3 Å². The predicted molar refractivity (Wildman–Crippen MR) is 66.3 cm³/mol. The fraction of sp³-hybridized carbons (Fsp3) is 0.182. The highest BCUT2D eigenvalue weighted by molar-refractivity contribution is 9.10. The summed E-state index contributed by atoms with van der Waals surface area (Å²) in [5, 5.41) is 4.71. The Labute approximate surface area is 106 Å². The molecule has 0 bridgehead atoms. The van der Waals surface area contributed by atoms with Crippen LogP contribution in [0.3, 0.4) is 0 Å². The molecule has 0 spiro atoms. The predicted octanol–water partition coefficient (Wildman–Crippen LogP) is 1.11. The maximum Gasteiger partial charge on any atom is 0.316 e. The zero-order chi connectivity index (χ0) is 12.4. The smallest absolute Gasteiger partial charge is 0.288 e. The minimum Gasteiger partial charge on any atom is -0.288 e. The quantitative estimate of drug-likeness (QED) is 0.803. The normalized spacial score (nSPS) is 16.5. The van der Waals surface area contributed by atoms with Gasteiger partial charge in [-0.15, -0.1) is 0 Å². The van der Waals surface area contributed by atoms with Gasteiger partial charge in [0, 0.05) is 4.47 Å². The minimum atomic E-state index is -0.674. The van der Waals surface area contributed by atoms with Gasteiger partial charge in [0.25, 0.3) is 0 Å². The van der Waals surface area contributed by atoms with Crippen LogP contribution in [0.15, 0.2) is 33.7 Å². The number of carbonyl (C=O) groups is 2. The van der Waals surface area contributed by atoms with Crippen molar-refractivity contribution in [2.75, 3.05) is 0 Å². The molecule has 0 aromatic heterocycles. The van der Waals surface area contributed by atoms with Crippen molar-refractivity contribution in [1.29, 1.82) is 0 Å². The summed E-state index contributed by atoms with van der Waals surface area (Å²) in [6.45, 7) is 1.88. The van der Waals surface area contributed by atoms with E-state index in [0.717, 1.165) is 10.0 Å². The van der Waals surface area contributed by atoms with Crippen LogP contribution in [0.25, 0.3) is 0 Å². The van der Waals surface area contributed by atoms with E-state index in [-0.39, 0.29) is 12.0 Å². The average Bonchev–Trinajstić information content (AvgIpc) is 2.58. The fourth-order valence-corrected chi connectivity index (χ4v) is 1.70. The van der Waals surface area contributed by atoms with Crippen LogP contribution in [0.4, 0.5) is 0 Å². The second-order valence-corrected chi connectivity index (χ2v) is 4.53. The van der Waals surface area contributed by atoms with Crippen LogP contribution in [-0.2, 0) is 9.59 Å². The second-order valence-electron chi connectivity index (χ2n) is 3.61. The van der Waals surface area contributed by atoms with Gasteiger partial charge in [0.1, 0.15) is 0 Å². The lowest BCUT2D eigenvalue weighted by molar-refractivity contribution is -0.135. The summed E-state index contributed by atoms with van der Waals surface area (Å²) in [6, 6.07) is 7.54. The van der Waals surface area contributed by atoms with Crippen LogP contribution in [0, 0.1) is 0 Å². The molecule has 2 N–H and O–H groups in total. The lowest BCUT2D eigenvalue weighted by Gasteiger charge is -2.07. The molecule has 1 fully saturated rings. The summed E-state index contributed by atoms with van der Waals surface area (Å²) in [5.74, 6) is -1.14. The van der Waals surface area contributed by atoms with Gasteiger partial charge in [0.15, 0.2) is 0 Å². The first-order valence-electron chi connectivity index (χ1n) is 5.02. The molecule has 1 aliphatic heterocycles. The molecule has 1 atom stereocenters. The summed E-state index contributed by atoms with van der Waals surface area (Å²) < 4.78 is 0.989. The SMILES string of the molecule is CC(N=C1NC(=O)C(=O)N1)c1ccc(Br)cc1. The van der Waals surface area contributed by atoms with Crippen LogP contribution in [0.2, 0.25) is 0 Å². The number of rotatable bonds is 2. The molecule has 17 heavy (non-hydrogen) atoms. The van der Waals surface area contributed by atoms with Gasteiger partial charge in [-0.25, -0.2) is 4.99 Å². The molecular weight excluding hydrogens is 286 g/mol. The number of aliphatic imine (C=N–C) groups is 1. The zero-order valence-corrected chi connectivity index (χ0v) is 10.6. The molecule has 2 rings (SSSR count). The number of hydrogen-bond acceptors (Lipinski definition) is 3. The first-order valence-corrected chi connectivity index (χ1v) is 5.81. The van der Waals surface area contributed by atoms with Crippen molar-refractivity contribution in [1.82, 2.24) is 10.6 Å². The monoisotopic (exact) mass is 295 g/mol. The Balaban J connectivity index is 2.14. The van der Waals surface area contributed by atoms with Gasteiger partial charge in [-0.2, -0.15) is 0 Å². The molecule has 1 aromatic rings. The maximum absolute atomic E-state index is 10.9. The Hall–Kier alpha value is -1.69. The van der Waals surface area contributed by atoms with E-state index in [1.165, 1.54) is 0 Å². The number of halogens is 1. The first-order chi connectivity index (χ1) is 8.06. The highest BCUT2D eigenvalue weighted by Gasteiger charge is 2.25. The summed E-state index contributed by atoms with van der Waals surface area (Å²) in [4.78, 5) is 26.1. The van der Waals surface area contributed by atoms with E-state index in [9.17, 15) is 9.59 Å². The summed E-state index contributed by atoms with van der Waals surface area (Å²) in [5.41, 5.74) is 0.996. The Morgan fingerprint density at radius 2 is 1.65 bits per heavy atom. The van der Waals surface area contributed by atoms with Crippen LogP contribution < -0.4 is 10.6 Å². The number of hydrogen-bond donors (Lipinski definition) is 2. The molecule has 1 aliphatic rings. The molecular formula is C11H10BrN3O2. The van der Waals surface area contributed by atoms with Gasteiger partial charge < -0.3 is 0 Å². The number of nitrogens with zero attached hydrogens (tertiary/aromatic N) is 1. The Morgan fingerprint density at radius 1 is 1.12 bits per heavy atom. The molecule has 0 aliphatic carbocycles. The lowest BCUT2D eigenvalue weighted by atomic mass is 10.1.